The van der Waals surface area contributed by atoms with Crippen LogP contribution in [0.4, 0.5) is 0 Å². The van der Waals surface area contributed by atoms with E-state index in [4.69, 9.17) is 16.7 Å². The van der Waals surface area contributed by atoms with Crippen molar-refractivity contribution in [3.05, 3.63) is 34.9 Å². The lowest BCUT2D eigenvalue weighted by Crippen LogP contribution is -2.42. The van der Waals surface area contributed by atoms with Gasteiger partial charge in [0.1, 0.15) is 0 Å². The molecule has 1 aromatic carbocycles. The normalized spacial score (nSPS) is 26.2. The summed E-state index contributed by atoms with van der Waals surface area (Å²) in [6, 6.07) is 8.69. The van der Waals surface area contributed by atoms with Gasteiger partial charge in [0, 0.05) is 17.6 Å². The number of aliphatic hydroxyl groups excluding tert-OH is 1. The molecule has 16 heavy (non-hydrogen) atoms. The quantitative estimate of drug-likeness (QED) is 0.847. The van der Waals surface area contributed by atoms with Crippen molar-refractivity contribution in [2.24, 2.45) is 0 Å². The molecular weight excluding hydrogens is 222 g/mol. The summed E-state index contributed by atoms with van der Waals surface area (Å²) in [5, 5.41) is 13.3. The van der Waals surface area contributed by atoms with E-state index in [-0.39, 0.29) is 6.10 Å². The molecule has 0 radical (unpaired) electrons. The zero-order chi connectivity index (χ0) is 11.5. The monoisotopic (exact) mass is 239 g/mol. The Balaban J connectivity index is 1.77. The van der Waals surface area contributed by atoms with Crippen LogP contribution in [0.2, 0.25) is 5.02 Å². The Labute approximate surface area is 102 Å². The van der Waals surface area contributed by atoms with E-state index in [0.717, 1.165) is 17.9 Å². The predicted octanol–water partition coefficient (Wildman–Crippen LogP) is 2.56. The largest absolute Gasteiger partial charge is 0.392 e. The van der Waals surface area contributed by atoms with E-state index in [0.29, 0.717) is 18.5 Å². The summed E-state index contributed by atoms with van der Waals surface area (Å²) in [6.45, 7) is 2.50. The smallest absolute Gasteiger partial charge is 0.0636 e. The van der Waals surface area contributed by atoms with Gasteiger partial charge in [0.2, 0.25) is 0 Å². The molecule has 1 aliphatic carbocycles. The molecule has 0 bridgehead atoms. The minimum absolute atomic E-state index is 0.255. The minimum atomic E-state index is -0.255. The molecular formula is C13H18ClNO. The van der Waals surface area contributed by atoms with E-state index in [9.17, 15) is 0 Å². The predicted molar refractivity (Wildman–Crippen MR) is 66.9 cm³/mol. The molecule has 0 aliphatic heterocycles. The highest BCUT2D eigenvalue weighted by atomic mass is 35.5. The molecule has 0 heterocycles. The number of rotatable bonds is 4. The lowest BCUT2D eigenvalue weighted by molar-refractivity contribution is 0.171. The van der Waals surface area contributed by atoms with Crippen LogP contribution in [0.25, 0.3) is 0 Å². The number of halogens is 1. The first-order chi connectivity index (χ1) is 7.65. The number of hydrogen-bond acceptors (Lipinski definition) is 2. The molecule has 1 aliphatic rings. The van der Waals surface area contributed by atoms with Crippen molar-refractivity contribution in [2.75, 3.05) is 6.54 Å². The lowest BCUT2D eigenvalue weighted by atomic mass is 9.76. The second-order valence-corrected chi connectivity index (χ2v) is 5.11. The first-order valence-electron chi connectivity index (χ1n) is 5.82. The summed E-state index contributed by atoms with van der Waals surface area (Å²) >= 11 is 5.85. The molecule has 1 aromatic rings. The van der Waals surface area contributed by atoms with Gasteiger partial charge in [0.15, 0.2) is 0 Å². The van der Waals surface area contributed by atoms with Crippen LogP contribution >= 0.6 is 11.6 Å². The van der Waals surface area contributed by atoms with Gasteiger partial charge in [0.05, 0.1) is 6.10 Å². The number of nitrogens with one attached hydrogen (secondary N) is 1. The molecule has 2 nitrogen and oxygen atoms in total. The zero-order valence-corrected chi connectivity index (χ0v) is 10.2. The van der Waals surface area contributed by atoms with Crippen LogP contribution in [0.1, 0.15) is 31.2 Å². The fourth-order valence-electron chi connectivity index (χ4n) is 2.13. The maximum absolute atomic E-state index is 9.16. The van der Waals surface area contributed by atoms with Crippen LogP contribution < -0.4 is 5.32 Å². The SMILES string of the molecule is C[C@@H](O)CNC1CC(c2ccc(Cl)cc2)C1. The maximum atomic E-state index is 9.16. The fraction of sp³-hybridized carbons (Fsp3) is 0.538. The van der Waals surface area contributed by atoms with Gasteiger partial charge >= 0.3 is 0 Å². The van der Waals surface area contributed by atoms with Gasteiger partial charge in [-0.15, -0.1) is 0 Å². The molecule has 0 spiro atoms. The van der Waals surface area contributed by atoms with Gasteiger partial charge in [-0.2, -0.15) is 0 Å². The van der Waals surface area contributed by atoms with Crippen molar-refractivity contribution in [2.45, 2.75) is 37.8 Å². The van der Waals surface area contributed by atoms with Gasteiger partial charge in [-0.05, 0) is 43.4 Å². The summed E-state index contributed by atoms with van der Waals surface area (Å²) in [6.07, 6.45) is 2.07. The van der Waals surface area contributed by atoms with Gasteiger partial charge in [-0.3, -0.25) is 0 Å². The average molecular weight is 240 g/mol. The Morgan fingerprint density at radius 1 is 1.38 bits per heavy atom. The average Bonchev–Trinajstić information content (AvgIpc) is 2.18. The van der Waals surface area contributed by atoms with E-state index in [2.05, 4.69) is 17.4 Å². The van der Waals surface area contributed by atoms with Crippen LogP contribution in [0.3, 0.4) is 0 Å². The van der Waals surface area contributed by atoms with Gasteiger partial charge in [-0.25, -0.2) is 0 Å². The lowest BCUT2D eigenvalue weighted by Gasteiger charge is -2.36. The number of benzene rings is 1. The minimum Gasteiger partial charge on any atom is -0.392 e. The maximum Gasteiger partial charge on any atom is 0.0636 e. The molecule has 88 valence electrons. The third kappa shape index (κ3) is 2.97. The van der Waals surface area contributed by atoms with Crippen molar-refractivity contribution in [1.82, 2.24) is 5.32 Å². The number of aliphatic hydroxyl groups is 1. The Hall–Kier alpha value is -0.570. The number of hydrogen-bond donors (Lipinski definition) is 2. The van der Waals surface area contributed by atoms with E-state index in [1.54, 1.807) is 0 Å². The van der Waals surface area contributed by atoms with Crippen LogP contribution in [-0.4, -0.2) is 23.8 Å². The van der Waals surface area contributed by atoms with Crippen molar-refractivity contribution < 1.29 is 5.11 Å². The molecule has 0 amide bonds. The standard InChI is InChI=1S/C13H18ClNO/c1-9(16)8-15-13-6-11(7-13)10-2-4-12(14)5-3-10/h2-5,9,11,13,15-16H,6-8H2,1H3/t9-,11?,13?/m1/s1. The molecule has 1 fully saturated rings. The molecule has 2 rings (SSSR count). The van der Waals surface area contributed by atoms with Gasteiger partial charge < -0.3 is 10.4 Å². The molecule has 3 heteroatoms. The summed E-state index contributed by atoms with van der Waals surface area (Å²) < 4.78 is 0. The van der Waals surface area contributed by atoms with Crippen molar-refractivity contribution in [3.63, 3.8) is 0 Å². The van der Waals surface area contributed by atoms with E-state index in [1.807, 2.05) is 19.1 Å². The topological polar surface area (TPSA) is 32.3 Å². The van der Waals surface area contributed by atoms with Crippen molar-refractivity contribution in [1.29, 1.82) is 0 Å². The molecule has 1 atom stereocenters. The van der Waals surface area contributed by atoms with Crippen LogP contribution in [-0.2, 0) is 0 Å². The molecule has 0 saturated heterocycles. The fourth-order valence-corrected chi connectivity index (χ4v) is 2.25. The Bertz CT molecular complexity index is 330. The van der Waals surface area contributed by atoms with Gasteiger partial charge in [-0.1, -0.05) is 23.7 Å². The Morgan fingerprint density at radius 3 is 2.56 bits per heavy atom. The van der Waals surface area contributed by atoms with Crippen LogP contribution in [0.15, 0.2) is 24.3 Å². The highest BCUT2D eigenvalue weighted by Gasteiger charge is 2.29. The van der Waals surface area contributed by atoms with Crippen LogP contribution in [0, 0.1) is 0 Å². The molecule has 0 unspecified atom stereocenters. The second kappa shape index (κ2) is 5.17. The second-order valence-electron chi connectivity index (χ2n) is 4.67. The summed E-state index contributed by atoms with van der Waals surface area (Å²) in [5.74, 6) is 0.656. The highest BCUT2D eigenvalue weighted by molar-refractivity contribution is 6.30. The van der Waals surface area contributed by atoms with Crippen molar-refractivity contribution >= 4 is 11.6 Å². The molecule has 2 N–H and O–H groups in total. The van der Waals surface area contributed by atoms with E-state index >= 15 is 0 Å². The molecule has 0 aromatic heterocycles. The van der Waals surface area contributed by atoms with Crippen molar-refractivity contribution in [3.8, 4) is 0 Å². The first-order valence-corrected chi connectivity index (χ1v) is 6.20. The third-order valence-electron chi connectivity index (χ3n) is 3.18. The first kappa shape index (κ1) is 11.9. The van der Waals surface area contributed by atoms with E-state index < -0.39 is 0 Å². The van der Waals surface area contributed by atoms with Crippen LogP contribution in [0.5, 0.6) is 0 Å². The van der Waals surface area contributed by atoms with E-state index in [1.165, 1.54) is 5.56 Å². The Kier molecular flexibility index (Phi) is 3.85. The summed E-state index contributed by atoms with van der Waals surface area (Å²) in [5.41, 5.74) is 1.37. The highest BCUT2D eigenvalue weighted by Crippen LogP contribution is 2.37. The molecule has 1 saturated carbocycles. The van der Waals surface area contributed by atoms with Gasteiger partial charge in [0.25, 0.3) is 0 Å². The summed E-state index contributed by atoms with van der Waals surface area (Å²) in [4.78, 5) is 0. The third-order valence-corrected chi connectivity index (χ3v) is 3.43. The zero-order valence-electron chi connectivity index (χ0n) is 9.49. The summed E-state index contributed by atoms with van der Waals surface area (Å²) in [7, 11) is 0. The Morgan fingerprint density at radius 2 is 2.00 bits per heavy atom.